The van der Waals surface area contributed by atoms with E-state index in [2.05, 4.69) is 16.4 Å². The van der Waals surface area contributed by atoms with E-state index in [0.29, 0.717) is 6.61 Å². The molecule has 1 aromatic carbocycles. The van der Waals surface area contributed by atoms with Gasteiger partial charge >= 0.3 is 0 Å². The SMILES string of the molecule is CCOc1ncc(CNCc2ccccc2OC)s1. The summed E-state index contributed by atoms with van der Waals surface area (Å²) >= 11 is 1.58. The number of hydrogen-bond donors (Lipinski definition) is 1. The molecule has 0 fully saturated rings. The molecule has 0 amide bonds. The molecule has 0 bridgehead atoms. The van der Waals surface area contributed by atoms with E-state index in [9.17, 15) is 0 Å². The molecule has 0 saturated heterocycles. The Labute approximate surface area is 117 Å². The van der Waals surface area contributed by atoms with Gasteiger partial charge in [-0.25, -0.2) is 4.98 Å². The first-order valence-corrected chi connectivity index (χ1v) is 7.05. The molecule has 1 N–H and O–H groups in total. The minimum absolute atomic E-state index is 0.654. The molecule has 4 nitrogen and oxygen atoms in total. The van der Waals surface area contributed by atoms with Crippen LogP contribution in [-0.2, 0) is 13.1 Å². The second-order valence-electron chi connectivity index (χ2n) is 3.94. The minimum atomic E-state index is 0.654. The standard InChI is InChI=1S/C14H18N2O2S/c1-3-18-14-16-10-12(19-14)9-15-8-11-6-4-5-7-13(11)17-2/h4-7,10,15H,3,8-9H2,1-2H3. The number of benzene rings is 1. The molecule has 0 aliphatic carbocycles. The second kappa shape index (κ2) is 7.11. The number of nitrogens with zero attached hydrogens (tertiary/aromatic N) is 1. The van der Waals surface area contributed by atoms with Gasteiger partial charge < -0.3 is 14.8 Å². The fraction of sp³-hybridized carbons (Fsp3) is 0.357. The van der Waals surface area contributed by atoms with Crippen LogP contribution in [0.15, 0.2) is 30.5 Å². The average Bonchev–Trinajstić information content (AvgIpc) is 2.87. The van der Waals surface area contributed by atoms with E-state index < -0.39 is 0 Å². The maximum absolute atomic E-state index is 5.35. The number of aromatic nitrogens is 1. The molecule has 0 saturated carbocycles. The van der Waals surface area contributed by atoms with Gasteiger partial charge in [0.15, 0.2) is 0 Å². The van der Waals surface area contributed by atoms with Crippen molar-refractivity contribution >= 4 is 11.3 Å². The number of methoxy groups -OCH3 is 1. The molecule has 0 atom stereocenters. The molecule has 2 rings (SSSR count). The van der Waals surface area contributed by atoms with Crippen LogP contribution in [0, 0.1) is 0 Å². The van der Waals surface area contributed by atoms with Crippen LogP contribution in [0.3, 0.4) is 0 Å². The predicted octanol–water partition coefficient (Wildman–Crippen LogP) is 2.84. The van der Waals surface area contributed by atoms with Crippen LogP contribution < -0.4 is 14.8 Å². The van der Waals surface area contributed by atoms with Crippen molar-refractivity contribution < 1.29 is 9.47 Å². The lowest BCUT2D eigenvalue weighted by molar-refractivity contribution is 0.338. The van der Waals surface area contributed by atoms with Crippen LogP contribution >= 0.6 is 11.3 Å². The van der Waals surface area contributed by atoms with Crippen LogP contribution in [0.2, 0.25) is 0 Å². The quantitative estimate of drug-likeness (QED) is 0.846. The van der Waals surface area contributed by atoms with E-state index in [1.165, 1.54) is 4.88 Å². The topological polar surface area (TPSA) is 43.4 Å². The molecular formula is C14H18N2O2S. The first-order valence-electron chi connectivity index (χ1n) is 6.23. The van der Waals surface area contributed by atoms with Gasteiger partial charge in [-0.05, 0) is 13.0 Å². The number of thiazole rings is 1. The Morgan fingerprint density at radius 2 is 2.11 bits per heavy atom. The van der Waals surface area contributed by atoms with Gasteiger partial charge in [0.05, 0.1) is 13.7 Å². The molecule has 2 aromatic rings. The lowest BCUT2D eigenvalue weighted by atomic mass is 10.2. The number of hydrogen-bond acceptors (Lipinski definition) is 5. The lowest BCUT2D eigenvalue weighted by Crippen LogP contribution is -2.12. The van der Waals surface area contributed by atoms with Crippen LogP contribution in [-0.4, -0.2) is 18.7 Å². The maximum atomic E-state index is 5.35. The summed E-state index contributed by atoms with van der Waals surface area (Å²) in [6.07, 6.45) is 1.85. The zero-order chi connectivity index (χ0) is 13.5. The van der Waals surface area contributed by atoms with E-state index >= 15 is 0 Å². The van der Waals surface area contributed by atoms with Crippen molar-refractivity contribution in [2.45, 2.75) is 20.0 Å². The summed E-state index contributed by atoms with van der Waals surface area (Å²) in [5.41, 5.74) is 1.15. The Morgan fingerprint density at radius 1 is 1.26 bits per heavy atom. The van der Waals surface area contributed by atoms with Crippen molar-refractivity contribution in [2.75, 3.05) is 13.7 Å². The van der Waals surface area contributed by atoms with Gasteiger partial charge in [0.2, 0.25) is 0 Å². The summed E-state index contributed by atoms with van der Waals surface area (Å²) in [5.74, 6) is 0.911. The summed E-state index contributed by atoms with van der Waals surface area (Å²) < 4.78 is 10.7. The highest BCUT2D eigenvalue weighted by Crippen LogP contribution is 2.21. The number of nitrogens with one attached hydrogen (secondary N) is 1. The Hall–Kier alpha value is -1.59. The molecule has 5 heteroatoms. The summed E-state index contributed by atoms with van der Waals surface area (Å²) in [5, 5.41) is 4.12. The monoisotopic (exact) mass is 278 g/mol. The molecule has 19 heavy (non-hydrogen) atoms. The molecule has 0 aliphatic heterocycles. The lowest BCUT2D eigenvalue weighted by Gasteiger charge is -2.08. The first kappa shape index (κ1) is 13.8. The number of rotatable bonds is 7. The van der Waals surface area contributed by atoms with Crippen LogP contribution in [0.5, 0.6) is 10.9 Å². The third-order valence-corrected chi connectivity index (χ3v) is 3.52. The summed E-state index contributed by atoms with van der Waals surface area (Å²) in [4.78, 5) is 5.36. The van der Waals surface area contributed by atoms with E-state index in [0.717, 1.165) is 29.6 Å². The Bertz CT molecular complexity index is 514. The van der Waals surface area contributed by atoms with Gasteiger partial charge in [-0.3, -0.25) is 0 Å². The molecule has 1 aromatic heterocycles. The summed E-state index contributed by atoms with van der Waals surface area (Å²) in [7, 11) is 1.69. The van der Waals surface area contributed by atoms with Gasteiger partial charge in [-0.1, -0.05) is 29.5 Å². The molecule has 0 radical (unpaired) electrons. The normalized spacial score (nSPS) is 10.4. The zero-order valence-corrected chi connectivity index (χ0v) is 12.0. The Balaban J connectivity index is 1.85. The van der Waals surface area contributed by atoms with E-state index in [4.69, 9.17) is 9.47 Å². The smallest absolute Gasteiger partial charge is 0.273 e. The fourth-order valence-corrected chi connectivity index (χ4v) is 2.52. The van der Waals surface area contributed by atoms with Crippen molar-refractivity contribution in [3.05, 3.63) is 40.9 Å². The highest BCUT2D eigenvalue weighted by Gasteiger charge is 2.04. The number of para-hydroxylation sites is 1. The molecule has 1 heterocycles. The van der Waals surface area contributed by atoms with E-state index in [1.807, 2.05) is 31.3 Å². The van der Waals surface area contributed by atoms with Gasteiger partial charge in [-0.2, -0.15) is 0 Å². The van der Waals surface area contributed by atoms with E-state index in [1.54, 1.807) is 18.4 Å². The zero-order valence-electron chi connectivity index (χ0n) is 11.2. The van der Waals surface area contributed by atoms with Crippen LogP contribution in [0.1, 0.15) is 17.4 Å². The Kier molecular flexibility index (Phi) is 5.18. The molecule has 102 valence electrons. The maximum Gasteiger partial charge on any atom is 0.273 e. The highest BCUT2D eigenvalue weighted by atomic mass is 32.1. The predicted molar refractivity (Wildman–Crippen MR) is 76.8 cm³/mol. The first-order chi connectivity index (χ1) is 9.33. The average molecular weight is 278 g/mol. The van der Waals surface area contributed by atoms with Gasteiger partial charge in [0, 0.05) is 29.7 Å². The number of ether oxygens (including phenoxy) is 2. The van der Waals surface area contributed by atoms with Crippen molar-refractivity contribution in [1.82, 2.24) is 10.3 Å². The fourth-order valence-electron chi connectivity index (χ4n) is 1.73. The van der Waals surface area contributed by atoms with Crippen LogP contribution in [0.4, 0.5) is 0 Å². The van der Waals surface area contributed by atoms with Gasteiger partial charge in [-0.15, -0.1) is 0 Å². The largest absolute Gasteiger partial charge is 0.496 e. The van der Waals surface area contributed by atoms with Crippen molar-refractivity contribution in [2.24, 2.45) is 0 Å². The van der Waals surface area contributed by atoms with Crippen molar-refractivity contribution in [3.63, 3.8) is 0 Å². The van der Waals surface area contributed by atoms with Crippen molar-refractivity contribution in [3.8, 4) is 10.9 Å². The molecular weight excluding hydrogens is 260 g/mol. The molecule has 0 unspecified atom stereocenters. The highest BCUT2D eigenvalue weighted by molar-refractivity contribution is 7.13. The van der Waals surface area contributed by atoms with Gasteiger partial charge in [0.1, 0.15) is 5.75 Å². The Morgan fingerprint density at radius 3 is 2.89 bits per heavy atom. The summed E-state index contributed by atoms with van der Waals surface area (Å²) in [6, 6.07) is 8.01. The minimum Gasteiger partial charge on any atom is -0.496 e. The molecule has 0 aliphatic rings. The second-order valence-corrected chi connectivity index (χ2v) is 5.02. The van der Waals surface area contributed by atoms with E-state index in [-0.39, 0.29) is 0 Å². The van der Waals surface area contributed by atoms with Gasteiger partial charge in [0.25, 0.3) is 5.19 Å². The third kappa shape index (κ3) is 3.94. The molecule has 0 spiro atoms. The van der Waals surface area contributed by atoms with Crippen molar-refractivity contribution in [1.29, 1.82) is 0 Å². The summed E-state index contributed by atoms with van der Waals surface area (Å²) in [6.45, 7) is 4.16. The third-order valence-electron chi connectivity index (χ3n) is 2.61. The van der Waals surface area contributed by atoms with Crippen LogP contribution in [0.25, 0.3) is 0 Å².